The van der Waals surface area contributed by atoms with Crippen molar-refractivity contribution in [3.63, 3.8) is 0 Å². The number of halogens is 3. The third kappa shape index (κ3) is 3.92. The Morgan fingerprint density at radius 1 is 1.25 bits per heavy atom. The summed E-state index contributed by atoms with van der Waals surface area (Å²) in [5.41, 5.74) is -0.221. The summed E-state index contributed by atoms with van der Waals surface area (Å²) >= 11 is 0. The normalized spacial score (nSPS) is 10.5. The molecule has 2 rings (SSSR count). The van der Waals surface area contributed by atoms with E-state index in [1.54, 1.807) is 0 Å². The van der Waals surface area contributed by atoms with Gasteiger partial charge in [-0.1, -0.05) is 6.92 Å². The lowest BCUT2D eigenvalue weighted by atomic mass is 10.2. The van der Waals surface area contributed by atoms with Crippen LogP contribution in [0.2, 0.25) is 0 Å². The van der Waals surface area contributed by atoms with Gasteiger partial charge in [0.05, 0.1) is 17.4 Å². The number of hydrogen-bond donors (Lipinski definition) is 2. The maximum atomic E-state index is 13.6. The lowest BCUT2D eigenvalue weighted by molar-refractivity contribution is -0.116. The Hall–Kier alpha value is -2.84. The van der Waals surface area contributed by atoms with Gasteiger partial charge in [-0.2, -0.15) is 5.10 Å². The highest BCUT2D eigenvalue weighted by molar-refractivity contribution is 5.99. The van der Waals surface area contributed by atoms with Gasteiger partial charge in [-0.05, 0) is 18.6 Å². The number of H-pyrrole nitrogens is 1. The zero-order valence-corrected chi connectivity index (χ0v) is 12.8. The summed E-state index contributed by atoms with van der Waals surface area (Å²) in [7, 11) is 0. The molecular weight excluding hydrogens is 325 g/mol. The fourth-order valence-corrected chi connectivity index (χ4v) is 2.06. The summed E-state index contributed by atoms with van der Waals surface area (Å²) in [5, 5.41) is 8.29. The molecule has 0 saturated heterocycles. The molecule has 0 fully saturated rings. The highest BCUT2D eigenvalue weighted by Gasteiger charge is 2.21. The van der Waals surface area contributed by atoms with Crippen LogP contribution in [0.15, 0.2) is 24.5 Å². The second-order valence-corrected chi connectivity index (χ2v) is 4.98. The summed E-state index contributed by atoms with van der Waals surface area (Å²) in [6.45, 7) is 1.75. The van der Waals surface area contributed by atoms with Gasteiger partial charge in [0.1, 0.15) is 6.54 Å². The minimum Gasteiger partial charge on any atom is -0.329 e. The number of amides is 2. The molecular formula is C15H15F3N4O2. The molecule has 1 aromatic carbocycles. The smallest absolute Gasteiger partial charge is 0.257 e. The van der Waals surface area contributed by atoms with Gasteiger partial charge >= 0.3 is 0 Å². The van der Waals surface area contributed by atoms with E-state index < -0.39 is 35.0 Å². The minimum absolute atomic E-state index is 0.273. The van der Waals surface area contributed by atoms with Crippen LogP contribution in [0.3, 0.4) is 0 Å². The molecule has 9 heteroatoms. The third-order valence-corrected chi connectivity index (χ3v) is 3.17. The van der Waals surface area contributed by atoms with Gasteiger partial charge in [0.2, 0.25) is 5.91 Å². The Balaban J connectivity index is 2.08. The van der Waals surface area contributed by atoms with Crippen LogP contribution in [0.5, 0.6) is 0 Å². The molecule has 0 unspecified atom stereocenters. The molecule has 0 bridgehead atoms. The van der Waals surface area contributed by atoms with Gasteiger partial charge in [-0.15, -0.1) is 0 Å². The molecule has 0 atom stereocenters. The van der Waals surface area contributed by atoms with Gasteiger partial charge in [0.25, 0.3) is 5.91 Å². The SMILES string of the molecule is CCCN(CC(=O)Nc1ccc(F)c(F)c1F)C(=O)c1cn[nH]c1. The molecule has 0 spiro atoms. The van der Waals surface area contributed by atoms with Crippen molar-refractivity contribution < 1.29 is 22.8 Å². The molecule has 0 radical (unpaired) electrons. The first kappa shape index (κ1) is 17.5. The lowest BCUT2D eigenvalue weighted by Gasteiger charge is -2.21. The molecule has 24 heavy (non-hydrogen) atoms. The molecule has 0 aliphatic heterocycles. The fraction of sp³-hybridized carbons (Fsp3) is 0.267. The first-order chi connectivity index (χ1) is 11.4. The van der Waals surface area contributed by atoms with Gasteiger partial charge in [0.15, 0.2) is 17.5 Å². The van der Waals surface area contributed by atoms with Crippen molar-refractivity contribution in [3.8, 4) is 0 Å². The van der Waals surface area contributed by atoms with Crippen LogP contribution in [-0.4, -0.2) is 40.0 Å². The minimum atomic E-state index is -1.67. The summed E-state index contributed by atoms with van der Waals surface area (Å²) in [6.07, 6.45) is 3.30. The van der Waals surface area contributed by atoms with Crippen LogP contribution >= 0.6 is 0 Å². The average Bonchev–Trinajstić information content (AvgIpc) is 3.09. The Morgan fingerprint density at radius 3 is 2.62 bits per heavy atom. The van der Waals surface area contributed by atoms with Crippen LogP contribution in [0.25, 0.3) is 0 Å². The number of benzene rings is 1. The van der Waals surface area contributed by atoms with Crippen LogP contribution in [0.1, 0.15) is 23.7 Å². The molecule has 1 aromatic heterocycles. The van der Waals surface area contributed by atoms with Gasteiger partial charge in [-0.3, -0.25) is 14.7 Å². The lowest BCUT2D eigenvalue weighted by Crippen LogP contribution is -2.38. The Labute approximate surface area is 135 Å². The highest BCUT2D eigenvalue weighted by Crippen LogP contribution is 2.19. The highest BCUT2D eigenvalue weighted by atomic mass is 19.2. The van der Waals surface area contributed by atoms with Crippen molar-refractivity contribution in [2.24, 2.45) is 0 Å². The first-order valence-electron chi connectivity index (χ1n) is 7.15. The van der Waals surface area contributed by atoms with Crippen molar-refractivity contribution >= 4 is 17.5 Å². The maximum absolute atomic E-state index is 13.6. The molecule has 1 heterocycles. The number of carbonyl (C=O) groups excluding carboxylic acids is 2. The summed E-state index contributed by atoms with van der Waals surface area (Å²) in [5.74, 6) is -5.68. The Morgan fingerprint density at radius 2 is 2.00 bits per heavy atom. The van der Waals surface area contributed by atoms with E-state index in [0.717, 1.165) is 6.07 Å². The average molecular weight is 340 g/mol. The standard InChI is InChI=1S/C15H15F3N4O2/c1-2-5-22(15(24)9-6-19-20-7-9)8-12(23)21-11-4-3-10(16)13(17)14(11)18/h3-4,6-7H,2,5,8H2,1H3,(H,19,20)(H,21,23). The topological polar surface area (TPSA) is 78.1 Å². The van der Waals surface area contributed by atoms with Crippen LogP contribution in [-0.2, 0) is 4.79 Å². The number of nitrogens with zero attached hydrogens (tertiary/aromatic N) is 2. The number of hydrogen-bond acceptors (Lipinski definition) is 3. The zero-order chi connectivity index (χ0) is 17.7. The number of aromatic nitrogens is 2. The monoisotopic (exact) mass is 340 g/mol. The molecule has 0 saturated carbocycles. The maximum Gasteiger partial charge on any atom is 0.257 e. The molecule has 2 aromatic rings. The quantitative estimate of drug-likeness (QED) is 0.792. The number of anilines is 1. The number of aromatic amines is 1. The van der Waals surface area contributed by atoms with Crippen molar-refractivity contribution in [2.75, 3.05) is 18.4 Å². The van der Waals surface area contributed by atoms with Crippen LogP contribution in [0.4, 0.5) is 18.9 Å². The molecule has 0 aliphatic rings. The molecule has 2 amide bonds. The Kier molecular flexibility index (Phi) is 5.56. The van der Waals surface area contributed by atoms with Crippen molar-refractivity contribution in [1.29, 1.82) is 0 Å². The zero-order valence-electron chi connectivity index (χ0n) is 12.8. The van der Waals surface area contributed by atoms with Gasteiger partial charge in [0, 0.05) is 12.7 Å². The second kappa shape index (κ2) is 7.62. The largest absolute Gasteiger partial charge is 0.329 e. The first-order valence-corrected chi connectivity index (χ1v) is 7.15. The van der Waals surface area contributed by atoms with E-state index in [9.17, 15) is 22.8 Å². The third-order valence-electron chi connectivity index (χ3n) is 3.17. The number of carbonyl (C=O) groups is 2. The van der Waals surface area contributed by atoms with E-state index in [1.165, 1.54) is 17.3 Å². The van der Waals surface area contributed by atoms with E-state index in [4.69, 9.17) is 0 Å². The predicted molar refractivity (Wildman–Crippen MR) is 79.7 cm³/mol. The van der Waals surface area contributed by atoms with Crippen LogP contribution in [0, 0.1) is 17.5 Å². The Bertz CT molecular complexity index is 735. The van der Waals surface area contributed by atoms with Crippen LogP contribution < -0.4 is 5.32 Å². The number of nitrogens with one attached hydrogen (secondary N) is 2. The molecule has 6 nitrogen and oxygen atoms in total. The van der Waals surface area contributed by atoms with E-state index >= 15 is 0 Å². The summed E-state index contributed by atoms with van der Waals surface area (Å²) < 4.78 is 39.6. The van der Waals surface area contributed by atoms with E-state index in [2.05, 4.69) is 15.5 Å². The van der Waals surface area contributed by atoms with Crippen molar-refractivity contribution in [1.82, 2.24) is 15.1 Å². The van der Waals surface area contributed by atoms with E-state index in [1.807, 2.05) is 6.92 Å². The predicted octanol–water partition coefficient (Wildman–Crippen LogP) is 2.32. The molecule has 128 valence electrons. The van der Waals surface area contributed by atoms with Gasteiger partial charge in [-0.25, -0.2) is 13.2 Å². The molecule has 2 N–H and O–H groups in total. The second-order valence-electron chi connectivity index (χ2n) is 4.98. The van der Waals surface area contributed by atoms with Crippen molar-refractivity contribution in [2.45, 2.75) is 13.3 Å². The summed E-state index contributed by atoms with van der Waals surface area (Å²) in [6, 6.07) is 1.61. The van der Waals surface area contributed by atoms with E-state index in [-0.39, 0.29) is 18.7 Å². The van der Waals surface area contributed by atoms with Gasteiger partial charge < -0.3 is 10.2 Å². The fourth-order valence-electron chi connectivity index (χ4n) is 2.06. The summed E-state index contributed by atoms with van der Waals surface area (Å²) in [4.78, 5) is 25.5. The number of rotatable bonds is 6. The van der Waals surface area contributed by atoms with E-state index in [0.29, 0.717) is 12.5 Å². The molecule has 0 aliphatic carbocycles. The van der Waals surface area contributed by atoms with Crippen molar-refractivity contribution in [3.05, 3.63) is 47.5 Å².